The van der Waals surface area contributed by atoms with Gasteiger partial charge in [0, 0.05) is 13.2 Å². The highest BCUT2D eigenvalue weighted by molar-refractivity contribution is 5.43. The highest BCUT2D eigenvalue weighted by atomic mass is 16.5. The first kappa shape index (κ1) is 15.8. The average molecular weight is 267 g/mol. The van der Waals surface area contributed by atoms with Gasteiger partial charge in [-0.05, 0) is 44.5 Å². The van der Waals surface area contributed by atoms with Gasteiger partial charge in [0.25, 0.3) is 0 Å². The van der Waals surface area contributed by atoms with E-state index in [1.807, 2.05) is 19.2 Å². The third kappa shape index (κ3) is 4.40. The van der Waals surface area contributed by atoms with E-state index >= 15 is 0 Å². The molecule has 0 aliphatic carbocycles. The van der Waals surface area contributed by atoms with E-state index in [0.29, 0.717) is 0 Å². The van der Waals surface area contributed by atoms with Crippen LogP contribution in [-0.2, 0) is 4.74 Å². The summed E-state index contributed by atoms with van der Waals surface area (Å²) in [5.41, 5.74) is 1.20. The second kappa shape index (κ2) is 8.02. The molecule has 19 heavy (non-hydrogen) atoms. The summed E-state index contributed by atoms with van der Waals surface area (Å²) in [6, 6.07) is 6.33. The Bertz CT molecular complexity index is 382. The maximum absolute atomic E-state index is 5.34. The van der Waals surface area contributed by atoms with Gasteiger partial charge in [-0.25, -0.2) is 0 Å². The van der Waals surface area contributed by atoms with Gasteiger partial charge in [0.05, 0.1) is 20.3 Å². The molecule has 0 heterocycles. The molecule has 0 aliphatic heterocycles. The summed E-state index contributed by atoms with van der Waals surface area (Å²) in [4.78, 5) is 0. The van der Waals surface area contributed by atoms with Crippen molar-refractivity contribution in [1.82, 2.24) is 5.32 Å². The highest BCUT2D eigenvalue weighted by Crippen LogP contribution is 2.31. The molecule has 2 unspecified atom stereocenters. The number of ether oxygens (including phenoxy) is 3. The zero-order valence-electron chi connectivity index (χ0n) is 12.5. The van der Waals surface area contributed by atoms with Gasteiger partial charge in [0.2, 0.25) is 0 Å². The molecule has 0 aromatic heterocycles. The largest absolute Gasteiger partial charge is 0.493 e. The fourth-order valence-electron chi connectivity index (χ4n) is 2.07. The standard InChI is InChI=1S/C15H25NO3/c1-11(17-3)6-8-13(16-2)12-7-9-14(18-4)15(10-12)19-5/h7,9-11,13,16H,6,8H2,1-5H3. The number of benzene rings is 1. The van der Waals surface area contributed by atoms with Crippen molar-refractivity contribution in [2.75, 3.05) is 28.4 Å². The lowest BCUT2D eigenvalue weighted by atomic mass is 10.00. The Labute approximate surface area is 116 Å². The Morgan fingerprint density at radius 1 is 1.05 bits per heavy atom. The summed E-state index contributed by atoms with van der Waals surface area (Å²) in [6.07, 6.45) is 2.30. The van der Waals surface area contributed by atoms with E-state index in [1.54, 1.807) is 21.3 Å². The zero-order valence-corrected chi connectivity index (χ0v) is 12.5. The zero-order chi connectivity index (χ0) is 14.3. The number of nitrogens with one attached hydrogen (secondary N) is 1. The fourth-order valence-corrected chi connectivity index (χ4v) is 2.07. The van der Waals surface area contributed by atoms with Crippen LogP contribution in [0.1, 0.15) is 31.4 Å². The molecule has 2 atom stereocenters. The monoisotopic (exact) mass is 267 g/mol. The van der Waals surface area contributed by atoms with Gasteiger partial charge >= 0.3 is 0 Å². The summed E-state index contributed by atoms with van der Waals surface area (Å²) in [7, 11) is 7.02. The molecule has 0 radical (unpaired) electrons. The van der Waals surface area contributed by atoms with E-state index < -0.39 is 0 Å². The van der Waals surface area contributed by atoms with Gasteiger partial charge < -0.3 is 19.5 Å². The number of methoxy groups -OCH3 is 3. The third-order valence-corrected chi connectivity index (χ3v) is 3.42. The van der Waals surface area contributed by atoms with Gasteiger partial charge in [-0.1, -0.05) is 6.07 Å². The minimum atomic E-state index is 0.274. The summed E-state index contributed by atoms with van der Waals surface area (Å²) in [5.74, 6) is 1.52. The molecule has 0 saturated heterocycles. The molecule has 108 valence electrons. The Hall–Kier alpha value is -1.26. The van der Waals surface area contributed by atoms with Gasteiger partial charge in [0.15, 0.2) is 11.5 Å². The van der Waals surface area contributed by atoms with Crippen LogP contribution in [0, 0.1) is 0 Å². The van der Waals surface area contributed by atoms with Gasteiger partial charge in [-0.2, -0.15) is 0 Å². The molecule has 1 aromatic carbocycles. The Kier molecular flexibility index (Phi) is 6.67. The number of hydrogen-bond acceptors (Lipinski definition) is 4. The van der Waals surface area contributed by atoms with Crippen molar-refractivity contribution in [3.63, 3.8) is 0 Å². The van der Waals surface area contributed by atoms with Crippen LogP contribution in [0.25, 0.3) is 0 Å². The fraction of sp³-hybridized carbons (Fsp3) is 0.600. The normalized spacial score (nSPS) is 13.9. The second-order valence-electron chi connectivity index (χ2n) is 4.58. The SMILES string of the molecule is CNC(CCC(C)OC)c1ccc(OC)c(OC)c1. The van der Waals surface area contributed by atoms with Crippen molar-refractivity contribution in [3.8, 4) is 11.5 Å². The van der Waals surface area contributed by atoms with E-state index in [1.165, 1.54) is 5.56 Å². The summed E-state index contributed by atoms with van der Waals surface area (Å²) < 4.78 is 15.9. The van der Waals surface area contributed by atoms with Crippen LogP contribution in [0.3, 0.4) is 0 Å². The van der Waals surface area contributed by atoms with Crippen molar-refractivity contribution in [2.45, 2.75) is 31.9 Å². The highest BCUT2D eigenvalue weighted by Gasteiger charge is 2.14. The minimum absolute atomic E-state index is 0.274. The second-order valence-corrected chi connectivity index (χ2v) is 4.58. The predicted molar refractivity (Wildman–Crippen MR) is 77.1 cm³/mol. The molecule has 1 aromatic rings. The van der Waals surface area contributed by atoms with Crippen LogP contribution in [0.5, 0.6) is 11.5 Å². The molecular formula is C15H25NO3. The lowest BCUT2D eigenvalue weighted by Crippen LogP contribution is -2.18. The molecule has 0 fully saturated rings. The molecule has 0 amide bonds. The van der Waals surface area contributed by atoms with E-state index in [2.05, 4.69) is 18.3 Å². The Morgan fingerprint density at radius 3 is 2.26 bits per heavy atom. The van der Waals surface area contributed by atoms with E-state index in [4.69, 9.17) is 14.2 Å². The van der Waals surface area contributed by atoms with Crippen molar-refractivity contribution in [3.05, 3.63) is 23.8 Å². The van der Waals surface area contributed by atoms with Crippen LogP contribution in [0.4, 0.5) is 0 Å². The molecule has 0 aliphatic rings. The lowest BCUT2D eigenvalue weighted by Gasteiger charge is -2.20. The summed E-state index contributed by atoms with van der Waals surface area (Å²) >= 11 is 0. The summed E-state index contributed by atoms with van der Waals surface area (Å²) in [6.45, 7) is 2.08. The molecule has 1 rings (SSSR count). The van der Waals surface area contributed by atoms with E-state index in [0.717, 1.165) is 24.3 Å². The number of rotatable bonds is 8. The Morgan fingerprint density at radius 2 is 1.74 bits per heavy atom. The van der Waals surface area contributed by atoms with E-state index in [-0.39, 0.29) is 12.1 Å². The quantitative estimate of drug-likeness (QED) is 0.786. The molecular weight excluding hydrogens is 242 g/mol. The number of hydrogen-bond donors (Lipinski definition) is 1. The van der Waals surface area contributed by atoms with Crippen molar-refractivity contribution < 1.29 is 14.2 Å². The maximum Gasteiger partial charge on any atom is 0.161 e. The molecule has 4 nitrogen and oxygen atoms in total. The van der Waals surface area contributed by atoms with Crippen LogP contribution < -0.4 is 14.8 Å². The molecule has 0 saturated carbocycles. The smallest absolute Gasteiger partial charge is 0.161 e. The Balaban J connectivity index is 2.80. The van der Waals surface area contributed by atoms with Crippen LogP contribution in [0.15, 0.2) is 18.2 Å². The van der Waals surface area contributed by atoms with E-state index in [9.17, 15) is 0 Å². The van der Waals surface area contributed by atoms with Crippen molar-refractivity contribution in [2.24, 2.45) is 0 Å². The van der Waals surface area contributed by atoms with Crippen LogP contribution in [0.2, 0.25) is 0 Å². The lowest BCUT2D eigenvalue weighted by molar-refractivity contribution is 0.106. The van der Waals surface area contributed by atoms with Gasteiger partial charge in [-0.15, -0.1) is 0 Å². The van der Waals surface area contributed by atoms with Crippen molar-refractivity contribution in [1.29, 1.82) is 0 Å². The van der Waals surface area contributed by atoms with Crippen molar-refractivity contribution >= 4 is 0 Å². The van der Waals surface area contributed by atoms with Gasteiger partial charge in [-0.3, -0.25) is 0 Å². The maximum atomic E-state index is 5.34. The summed E-state index contributed by atoms with van der Waals surface area (Å²) in [5, 5.41) is 3.33. The minimum Gasteiger partial charge on any atom is -0.493 e. The average Bonchev–Trinajstić information content (AvgIpc) is 2.47. The molecule has 1 N–H and O–H groups in total. The first-order valence-corrected chi connectivity index (χ1v) is 6.58. The predicted octanol–water partition coefficient (Wildman–Crippen LogP) is 2.78. The van der Waals surface area contributed by atoms with Crippen LogP contribution >= 0.6 is 0 Å². The first-order valence-electron chi connectivity index (χ1n) is 6.58. The van der Waals surface area contributed by atoms with Gasteiger partial charge in [0.1, 0.15) is 0 Å². The topological polar surface area (TPSA) is 39.7 Å². The van der Waals surface area contributed by atoms with Crippen LogP contribution in [-0.4, -0.2) is 34.5 Å². The first-order chi connectivity index (χ1) is 9.15. The molecule has 4 heteroatoms. The molecule has 0 spiro atoms. The molecule has 0 bridgehead atoms. The third-order valence-electron chi connectivity index (χ3n) is 3.42.